The van der Waals surface area contributed by atoms with E-state index in [0.717, 1.165) is 11.1 Å². The quantitative estimate of drug-likeness (QED) is 0.518. The van der Waals surface area contributed by atoms with Gasteiger partial charge < -0.3 is 19.6 Å². The van der Waals surface area contributed by atoms with Gasteiger partial charge in [-0.1, -0.05) is 24.3 Å². The van der Waals surface area contributed by atoms with Gasteiger partial charge in [-0.2, -0.15) is 0 Å². The molecule has 0 saturated heterocycles. The zero-order valence-corrected chi connectivity index (χ0v) is 12.4. The van der Waals surface area contributed by atoms with Crippen LogP contribution in [0.2, 0.25) is 0 Å². The summed E-state index contributed by atoms with van der Waals surface area (Å²) in [4.78, 5) is 36.4. The van der Waals surface area contributed by atoms with E-state index in [4.69, 9.17) is 19.6 Å². The lowest BCUT2D eigenvalue weighted by atomic mass is 9.88. The highest BCUT2D eigenvalue weighted by Crippen LogP contribution is 2.58. The molecule has 0 spiro atoms. The second-order valence-corrected chi connectivity index (χ2v) is 8.72. The van der Waals surface area contributed by atoms with E-state index in [1.165, 1.54) is 0 Å². The molecule has 9 heteroatoms. The molecule has 0 aromatic heterocycles. The average Bonchev–Trinajstić information content (AvgIpc) is 2.33. The SMILES string of the molecule is O=P(O)(O)C(NC1CCc2ccccc2C1)P(=O)(O)O. The Hall–Kier alpha value is -0.520. The first-order valence-electron chi connectivity index (χ1n) is 6.11. The Morgan fingerprint density at radius 1 is 1.05 bits per heavy atom. The van der Waals surface area contributed by atoms with Crippen molar-refractivity contribution in [1.29, 1.82) is 0 Å². The molecular weight excluding hydrogens is 304 g/mol. The van der Waals surface area contributed by atoms with Crippen molar-refractivity contribution in [3.63, 3.8) is 0 Å². The first kappa shape index (κ1) is 15.9. The predicted molar refractivity (Wildman–Crippen MR) is 73.3 cm³/mol. The molecule has 1 aromatic carbocycles. The summed E-state index contributed by atoms with van der Waals surface area (Å²) in [5.41, 5.74) is 0.0612. The highest BCUT2D eigenvalue weighted by Gasteiger charge is 2.44. The van der Waals surface area contributed by atoms with E-state index in [2.05, 4.69) is 5.32 Å². The van der Waals surface area contributed by atoms with Gasteiger partial charge in [0, 0.05) is 6.04 Å². The third kappa shape index (κ3) is 3.77. The zero-order valence-electron chi connectivity index (χ0n) is 10.6. The topological polar surface area (TPSA) is 127 Å². The van der Waals surface area contributed by atoms with Gasteiger partial charge in [0.1, 0.15) is 0 Å². The smallest absolute Gasteiger partial charge is 0.323 e. The van der Waals surface area contributed by atoms with Crippen LogP contribution in [-0.2, 0) is 22.0 Å². The van der Waals surface area contributed by atoms with E-state index in [-0.39, 0.29) is 6.04 Å². The van der Waals surface area contributed by atoms with Crippen molar-refractivity contribution in [3.05, 3.63) is 35.4 Å². The van der Waals surface area contributed by atoms with Crippen LogP contribution in [-0.4, -0.2) is 31.1 Å². The van der Waals surface area contributed by atoms with Gasteiger partial charge in [-0.3, -0.25) is 14.4 Å². The molecule has 0 fully saturated rings. The van der Waals surface area contributed by atoms with E-state index in [0.29, 0.717) is 19.3 Å². The van der Waals surface area contributed by atoms with Gasteiger partial charge in [-0.05, 0) is 30.4 Å². The van der Waals surface area contributed by atoms with Crippen LogP contribution in [0.15, 0.2) is 24.3 Å². The number of hydrogen-bond donors (Lipinski definition) is 5. The van der Waals surface area contributed by atoms with Crippen molar-refractivity contribution >= 4 is 15.2 Å². The Bertz CT molecular complexity index is 558. The Balaban J connectivity index is 2.15. The fraction of sp³-hybridized carbons (Fsp3) is 0.455. The maximum Gasteiger partial charge on any atom is 0.354 e. The minimum Gasteiger partial charge on any atom is -0.323 e. The van der Waals surface area contributed by atoms with Crippen LogP contribution in [0.4, 0.5) is 0 Å². The van der Waals surface area contributed by atoms with Gasteiger partial charge >= 0.3 is 15.2 Å². The monoisotopic (exact) mass is 321 g/mol. The Kier molecular flexibility index (Phi) is 4.52. The minimum atomic E-state index is -4.92. The lowest BCUT2D eigenvalue weighted by molar-refractivity contribution is 0.315. The molecule has 1 unspecified atom stereocenters. The van der Waals surface area contributed by atoms with Crippen LogP contribution in [0.1, 0.15) is 17.5 Å². The number of nitrogens with one attached hydrogen (secondary N) is 1. The number of aryl methyl sites for hydroxylation is 1. The largest absolute Gasteiger partial charge is 0.354 e. The van der Waals surface area contributed by atoms with Crippen LogP contribution >= 0.6 is 15.2 Å². The lowest BCUT2D eigenvalue weighted by Gasteiger charge is -2.30. The minimum absolute atomic E-state index is 0.366. The molecule has 1 aliphatic rings. The van der Waals surface area contributed by atoms with Crippen molar-refractivity contribution in [2.24, 2.45) is 0 Å². The second kappa shape index (κ2) is 5.70. The number of benzene rings is 1. The predicted octanol–water partition coefficient (Wildman–Crippen LogP) is 0.772. The van der Waals surface area contributed by atoms with E-state index < -0.39 is 20.7 Å². The molecule has 0 bridgehead atoms. The Morgan fingerprint density at radius 2 is 1.60 bits per heavy atom. The normalized spacial score (nSPS) is 19.9. The van der Waals surface area contributed by atoms with E-state index in [1.54, 1.807) is 0 Å². The Labute approximate surface area is 116 Å². The zero-order chi connectivity index (χ0) is 15.0. The first-order chi connectivity index (χ1) is 9.18. The molecule has 1 aliphatic carbocycles. The van der Waals surface area contributed by atoms with Crippen LogP contribution in [0.25, 0.3) is 0 Å². The Morgan fingerprint density at radius 3 is 2.15 bits per heavy atom. The van der Waals surface area contributed by atoms with Gasteiger partial charge in [-0.25, -0.2) is 0 Å². The summed E-state index contributed by atoms with van der Waals surface area (Å²) in [6.07, 6.45) is 1.78. The number of fused-ring (bicyclic) bond motifs is 1. The summed E-state index contributed by atoms with van der Waals surface area (Å²) in [5.74, 6) is 0. The van der Waals surface area contributed by atoms with Crippen molar-refractivity contribution in [2.45, 2.75) is 30.8 Å². The molecule has 20 heavy (non-hydrogen) atoms. The van der Waals surface area contributed by atoms with Crippen LogP contribution < -0.4 is 5.32 Å². The molecule has 0 radical (unpaired) electrons. The van der Waals surface area contributed by atoms with Crippen molar-refractivity contribution in [2.75, 3.05) is 0 Å². The van der Waals surface area contributed by atoms with Crippen molar-refractivity contribution in [1.82, 2.24) is 5.32 Å². The maximum absolute atomic E-state index is 11.2. The van der Waals surface area contributed by atoms with E-state index >= 15 is 0 Å². The van der Waals surface area contributed by atoms with E-state index in [9.17, 15) is 9.13 Å². The summed E-state index contributed by atoms with van der Waals surface area (Å²) < 4.78 is 22.5. The standard InChI is InChI=1S/C11H17NO6P2/c13-19(14,15)11(20(16,17)18)12-10-6-5-8-3-1-2-4-9(8)7-10/h1-4,10-12H,5-7H2,(H2,13,14,15)(H2,16,17,18). The lowest BCUT2D eigenvalue weighted by Crippen LogP contribution is -2.41. The number of rotatable bonds is 4. The molecule has 1 atom stereocenters. The molecule has 112 valence electrons. The summed E-state index contributed by atoms with van der Waals surface area (Å²) in [7, 11) is -9.85. The summed E-state index contributed by atoms with van der Waals surface area (Å²) in [5, 5.41) is 2.45. The molecular formula is C11H17NO6P2. The van der Waals surface area contributed by atoms with Gasteiger partial charge in [0.2, 0.25) is 5.52 Å². The van der Waals surface area contributed by atoms with Crippen molar-refractivity contribution < 1.29 is 28.7 Å². The number of hydrogen-bond acceptors (Lipinski definition) is 3. The average molecular weight is 321 g/mol. The summed E-state index contributed by atoms with van der Waals surface area (Å²) in [6, 6.07) is 7.31. The van der Waals surface area contributed by atoms with Gasteiger partial charge in [0.15, 0.2) is 0 Å². The third-order valence-corrected chi connectivity index (χ3v) is 6.75. The van der Waals surface area contributed by atoms with Crippen molar-refractivity contribution in [3.8, 4) is 0 Å². The summed E-state index contributed by atoms with van der Waals surface area (Å²) >= 11 is 0. The fourth-order valence-electron chi connectivity index (χ4n) is 2.44. The highest BCUT2D eigenvalue weighted by molar-refractivity contribution is 7.70. The second-order valence-electron chi connectivity index (χ2n) is 4.93. The fourth-order valence-corrected chi connectivity index (χ4v) is 4.82. The summed E-state index contributed by atoms with van der Waals surface area (Å²) in [6.45, 7) is 0. The van der Waals surface area contributed by atoms with Crippen LogP contribution in [0.3, 0.4) is 0 Å². The molecule has 0 saturated carbocycles. The van der Waals surface area contributed by atoms with Crippen LogP contribution in [0.5, 0.6) is 0 Å². The van der Waals surface area contributed by atoms with Gasteiger partial charge in [0.25, 0.3) is 0 Å². The molecule has 5 N–H and O–H groups in total. The molecule has 0 amide bonds. The van der Waals surface area contributed by atoms with E-state index in [1.807, 2.05) is 24.3 Å². The third-order valence-electron chi connectivity index (χ3n) is 3.37. The molecule has 7 nitrogen and oxygen atoms in total. The van der Waals surface area contributed by atoms with Crippen LogP contribution in [0, 0.1) is 0 Å². The highest BCUT2D eigenvalue weighted by atomic mass is 31.2. The molecule has 0 aliphatic heterocycles. The van der Waals surface area contributed by atoms with Gasteiger partial charge in [-0.15, -0.1) is 0 Å². The first-order valence-corrected chi connectivity index (χ1v) is 9.47. The maximum atomic E-state index is 11.2. The molecule has 2 rings (SSSR count). The molecule has 1 aromatic rings. The van der Waals surface area contributed by atoms with Gasteiger partial charge in [0.05, 0.1) is 0 Å². The molecule has 0 heterocycles.